The molecule has 0 bridgehead atoms. The van der Waals surface area contributed by atoms with Crippen LogP contribution in [0.1, 0.15) is 50.1 Å². The van der Waals surface area contributed by atoms with Gasteiger partial charge in [0.2, 0.25) is 5.92 Å². The van der Waals surface area contributed by atoms with E-state index in [0.717, 1.165) is 24.2 Å². The predicted molar refractivity (Wildman–Crippen MR) is 77.1 cm³/mol. The fourth-order valence-corrected chi connectivity index (χ4v) is 3.06. The highest BCUT2D eigenvalue weighted by atomic mass is 19.3. The van der Waals surface area contributed by atoms with Gasteiger partial charge in [-0.2, -0.15) is 0 Å². The second-order valence-corrected chi connectivity index (χ2v) is 6.23. The van der Waals surface area contributed by atoms with Crippen LogP contribution in [0.25, 0.3) is 0 Å². The van der Waals surface area contributed by atoms with E-state index in [9.17, 15) is 8.78 Å². The minimum Gasteiger partial charge on any atom is -0.490 e. The summed E-state index contributed by atoms with van der Waals surface area (Å²) in [5.74, 6) is 4.17. The third kappa shape index (κ3) is 3.71. The molecule has 0 amide bonds. The monoisotopic (exact) mass is 296 g/mol. The molecule has 0 spiro atoms. The van der Waals surface area contributed by atoms with Crippen LogP contribution in [0, 0.1) is 5.92 Å². The van der Waals surface area contributed by atoms with E-state index in [1.54, 1.807) is 0 Å². The molecule has 0 saturated heterocycles. The fraction of sp³-hybridized carbons (Fsp3) is 0.625. The number of ether oxygens (including phenoxy) is 1. The average Bonchev–Trinajstić information content (AvgIpc) is 3.26. The first kappa shape index (κ1) is 14.7. The molecular weight excluding hydrogens is 274 g/mol. The molecule has 3 nitrogen and oxygen atoms in total. The Bertz CT molecular complexity index is 481. The summed E-state index contributed by atoms with van der Waals surface area (Å²) in [7, 11) is 0. The summed E-state index contributed by atoms with van der Waals surface area (Å²) < 4.78 is 32.4. The molecule has 1 aromatic rings. The highest BCUT2D eigenvalue weighted by Crippen LogP contribution is 2.41. The van der Waals surface area contributed by atoms with Gasteiger partial charge in [0.1, 0.15) is 5.75 Å². The lowest BCUT2D eigenvalue weighted by molar-refractivity contribution is -0.0498. The summed E-state index contributed by atoms with van der Waals surface area (Å²) in [5, 5.41) is 0. The van der Waals surface area contributed by atoms with Crippen molar-refractivity contribution in [3.05, 3.63) is 29.8 Å². The van der Waals surface area contributed by atoms with E-state index < -0.39 is 5.92 Å². The Labute approximate surface area is 123 Å². The van der Waals surface area contributed by atoms with Crippen LogP contribution in [0.4, 0.5) is 8.78 Å². The van der Waals surface area contributed by atoms with Crippen LogP contribution in [0.15, 0.2) is 24.3 Å². The molecule has 21 heavy (non-hydrogen) atoms. The van der Waals surface area contributed by atoms with Crippen molar-refractivity contribution in [2.75, 3.05) is 0 Å². The number of halogens is 2. The number of hydrazine groups is 1. The Kier molecular flexibility index (Phi) is 4.13. The number of nitrogens with one attached hydrogen (secondary N) is 1. The van der Waals surface area contributed by atoms with Crippen LogP contribution in [0.2, 0.25) is 0 Å². The van der Waals surface area contributed by atoms with Crippen LogP contribution >= 0.6 is 0 Å². The van der Waals surface area contributed by atoms with Crippen LogP contribution in [0.3, 0.4) is 0 Å². The molecule has 2 saturated carbocycles. The zero-order valence-corrected chi connectivity index (χ0v) is 12.0. The van der Waals surface area contributed by atoms with E-state index in [1.807, 2.05) is 24.3 Å². The van der Waals surface area contributed by atoms with E-state index in [1.165, 1.54) is 0 Å². The van der Waals surface area contributed by atoms with Gasteiger partial charge in [0.15, 0.2) is 0 Å². The van der Waals surface area contributed by atoms with Crippen LogP contribution < -0.4 is 16.0 Å². The number of rotatable bonds is 5. The lowest BCUT2D eigenvalue weighted by Gasteiger charge is -2.33. The Morgan fingerprint density at radius 3 is 2.52 bits per heavy atom. The molecule has 0 heterocycles. The SMILES string of the molecule is NNC(c1cccc(OC2CC2)c1)C1CCC(F)(F)CC1. The molecule has 116 valence electrons. The summed E-state index contributed by atoms with van der Waals surface area (Å²) in [6, 6.07) is 7.75. The lowest BCUT2D eigenvalue weighted by Crippen LogP contribution is -2.37. The molecule has 2 fully saturated rings. The van der Waals surface area contributed by atoms with E-state index in [0.29, 0.717) is 18.9 Å². The largest absolute Gasteiger partial charge is 0.490 e. The maximum Gasteiger partial charge on any atom is 0.248 e. The van der Waals surface area contributed by atoms with Crippen LogP contribution in [-0.4, -0.2) is 12.0 Å². The first-order valence-electron chi connectivity index (χ1n) is 7.68. The topological polar surface area (TPSA) is 47.3 Å². The Morgan fingerprint density at radius 2 is 1.90 bits per heavy atom. The molecule has 3 N–H and O–H groups in total. The van der Waals surface area contributed by atoms with Gasteiger partial charge in [-0.15, -0.1) is 0 Å². The van der Waals surface area contributed by atoms with Crippen molar-refractivity contribution in [1.29, 1.82) is 0 Å². The number of hydrogen-bond donors (Lipinski definition) is 2. The van der Waals surface area contributed by atoms with Crippen molar-refractivity contribution in [2.24, 2.45) is 11.8 Å². The van der Waals surface area contributed by atoms with Gasteiger partial charge in [-0.3, -0.25) is 11.3 Å². The van der Waals surface area contributed by atoms with Crippen molar-refractivity contribution < 1.29 is 13.5 Å². The van der Waals surface area contributed by atoms with Crippen LogP contribution in [0.5, 0.6) is 5.75 Å². The Morgan fingerprint density at radius 1 is 1.19 bits per heavy atom. The van der Waals surface area contributed by atoms with E-state index in [4.69, 9.17) is 10.6 Å². The van der Waals surface area contributed by atoms with Gasteiger partial charge in [-0.25, -0.2) is 8.78 Å². The Balaban J connectivity index is 1.70. The van der Waals surface area contributed by atoms with Crippen molar-refractivity contribution >= 4 is 0 Å². The van der Waals surface area contributed by atoms with Crippen molar-refractivity contribution in [1.82, 2.24) is 5.43 Å². The zero-order valence-electron chi connectivity index (χ0n) is 12.0. The van der Waals surface area contributed by atoms with Gasteiger partial charge in [0.05, 0.1) is 6.10 Å². The molecule has 0 radical (unpaired) electrons. The van der Waals surface area contributed by atoms with Gasteiger partial charge in [-0.05, 0) is 49.3 Å². The number of hydrogen-bond acceptors (Lipinski definition) is 3. The molecule has 5 heteroatoms. The second-order valence-electron chi connectivity index (χ2n) is 6.23. The van der Waals surface area contributed by atoms with Gasteiger partial charge >= 0.3 is 0 Å². The molecule has 1 aromatic carbocycles. The van der Waals surface area contributed by atoms with Crippen LogP contribution in [-0.2, 0) is 0 Å². The molecule has 1 atom stereocenters. The molecule has 0 aromatic heterocycles. The lowest BCUT2D eigenvalue weighted by atomic mass is 9.80. The number of alkyl halides is 2. The third-order valence-corrected chi connectivity index (χ3v) is 4.46. The van der Waals surface area contributed by atoms with Gasteiger partial charge in [0.25, 0.3) is 0 Å². The number of nitrogens with two attached hydrogens (primary N) is 1. The first-order chi connectivity index (χ1) is 10.1. The zero-order chi connectivity index (χ0) is 14.9. The molecule has 2 aliphatic rings. The minimum atomic E-state index is -2.51. The summed E-state index contributed by atoms with van der Waals surface area (Å²) in [6.07, 6.45) is 3.46. The standard InChI is InChI=1S/C16H22F2N2O/c17-16(18)8-6-11(7-9-16)15(20-19)12-2-1-3-14(10-12)21-13-4-5-13/h1-3,10-11,13,15,20H,4-9,19H2. The average molecular weight is 296 g/mol. The maximum atomic E-state index is 13.3. The molecule has 0 aliphatic heterocycles. The molecular formula is C16H22F2N2O. The van der Waals surface area contributed by atoms with Crippen molar-refractivity contribution in [2.45, 2.75) is 56.6 Å². The highest BCUT2D eigenvalue weighted by molar-refractivity contribution is 5.31. The quantitative estimate of drug-likeness (QED) is 0.645. The predicted octanol–water partition coefficient (Wildman–Crippen LogP) is 3.56. The van der Waals surface area contributed by atoms with E-state index >= 15 is 0 Å². The summed E-state index contributed by atoms with van der Waals surface area (Å²) >= 11 is 0. The fourth-order valence-electron chi connectivity index (χ4n) is 3.06. The number of benzene rings is 1. The molecule has 3 rings (SSSR count). The molecule has 1 unspecified atom stereocenters. The van der Waals surface area contributed by atoms with E-state index in [-0.39, 0.29) is 24.8 Å². The first-order valence-corrected chi connectivity index (χ1v) is 7.68. The minimum absolute atomic E-state index is 0.0475. The smallest absolute Gasteiger partial charge is 0.248 e. The highest BCUT2D eigenvalue weighted by Gasteiger charge is 2.37. The third-order valence-electron chi connectivity index (χ3n) is 4.46. The van der Waals surface area contributed by atoms with E-state index in [2.05, 4.69) is 5.43 Å². The Hall–Kier alpha value is -1.20. The second kappa shape index (κ2) is 5.89. The normalized spacial score (nSPS) is 23.8. The van der Waals surface area contributed by atoms with Gasteiger partial charge in [0, 0.05) is 18.9 Å². The summed E-state index contributed by atoms with van der Waals surface area (Å²) in [6.45, 7) is 0. The summed E-state index contributed by atoms with van der Waals surface area (Å²) in [4.78, 5) is 0. The van der Waals surface area contributed by atoms with Crippen molar-refractivity contribution in [3.63, 3.8) is 0 Å². The maximum absolute atomic E-state index is 13.3. The molecule has 2 aliphatic carbocycles. The summed E-state index contributed by atoms with van der Waals surface area (Å²) in [5.41, 5.74) is 3.83. The van der Waals surface area contributed by atoms with Gasteiger partial charge < -0.3 is 4.74 Å². The van der Waals surface area contributed by atoms with Crippen molar-refractivity contribution in [3.8, 4) is 5.75 Å². The van der Waals surface area contributed by atoms with Gasteiger partial charge in [-0.1, -0.05) is 12.1 Å².